The Balaban J connectivity index is 2.18. The third kappa shape index (κ3) is 2.21. The lowest BCUT2D eigenvalue weighted by Gasteiger charge is -2.53. The smallest absolute Gasteiger partial charge is 0.311 e. The highest BCUT2D eigenvalue weighted by atomic mass is 16.5. The molecule has 1 fully saturated rings. The second-order valence-corrected chi connectivity index (χ2v) is 7.39. The molecule has 1 saturated carbocycles. The monoisotopic (exact) mass is 331 g/mol. The van der Waals surface area contributed by atoms with E-state index in [1.54, 1.807) is 7.11 Å². The summed E-state index contributed by atoms with van der Waals surface area (Å²) in [7, 11) is 3.07. The van der Waals surface area contributed by atoms with Crippen LogP contribution in [0.5, 0.6) is 5.75 Å². The third-order valence-electron chi connectivity index (χ3n) is 6.25. The van der Waals surface area contributed by atoms with Crippen LogP contribution in [-0.2, 0) is 14.9 Å². The molecule has 2 aliphatic rings. The van der Waals surface area contributed by atoms with E-state index in [9.17, 15) is 10.0 Å². The van der Waals surface area contributed by atoms with Crippen LogP contribution in [0.15, 0.2) is 23.4 Å². The largest absolute Gasteiger partial charge is 0.497 e. The van der Waals surface area contributed by atoms with Gasteiger partial charge in [0.15, 0.2) is 0 Å². The van der Waals surface area contributed by atoms with Crippen LogP contribution >= 0.6 is 0 Å². The number of nitrogens with zero attached hydrogens (tertiary/aromatic N) is 1. The van der Waals surface area contributed by atoms with Crippen molar-refractivity contribution >= 4 is 11.7 Å². The SMILES string of the molecule is COC(=O)[C@]1(C)CCC[C@@]2(C)c3ccc(OC)cc3/C(=N/O)C[C@@H]12. The molecule has 5 heteroatoms. The van der Waals surface area contributed by atoms with Crippen LogP contribution < -0.4 is 4.74 Å². The van der Waals surface area contributed by atoms with E-state index in [0.717, 1.165) is 36.1 Å². The first kappa shape index (κ1) is 16.8. The molecular weight excluding hydrogens is 306 g/mol. The van der Waals surface area contributed by atoms with E-state index in [1.165, 1.54) is 7.11 Å². The van der Waals surface area contributed by atoms with Gasteiger partial charge in [-0.05, 0) is 55.2 Å². The molecule has 5 nitrogen and oxygen atoms in total. The Kier molecular flexibility index (Phi) is 4.06. The maximum absolute atomic E-state index is 12.5. The first-order chi connectivity index (χ1) is 11.4. The normalized spacial score (nSPS) is 33.5. The van der Waals surface area contributed by atoms with Crippen molar-refractivity contribution in [3.05, 3.63) is 29.3 Å². The van der Waals surface area contributed by atoms with Crippen molar-refractivity contribution in [2.75, 3.05) is 14.2 Å². The van der Waals surface area contributed by atoms with Gasteiger partial charge in [0.2, 0.25) is 0 Å². The van der Waals surface area contributed by atoms with Crippen molar-refractivity contribution in [2.45, 2.75) is 44.9 Å². The number of hydrogen-bond acceptors (Lipinski definition) is 5. The molecule has 1 N–H and O–H groups in total. The first-order valence-corrected chi connectivity index (χ1v) is 8.39. The Hall–Kier alpha value is -2.04. The molecule has 1 aromatic rings. The molecule has 0 unspecified atom stereocenters. The van der Waals surface area contributed by atoms with Gasteiger partial charge in [-0.3, -0.25) is 4.79 Å². The predicted octanol–water partition coefficient (Wildman–Crippen LogP) is 3.51. The third-order valence-corrected chi connectivity index (χ3v) is 6.25. The number of hydrogen-bond donors (Lipinski definition) is 1. The number of rotatable bonds is 2. The second-order valence-electron chi connectivity index (χ2n) is 7.39. The van der Waals surface area contributed by atoms with Crippen molar-refractivity contribution in [3.8, 4) is 5.75 Å². The molecule has 2 aliphatic carbocycles. The quantitative estimate of drug-likeness (QED) is 0.511. The first-order valence-electron chi connectivity index (χ1n) is 8.39. The summed E-state index contributed by atoms with van der Waals surface area (Å²) < 4.78 is 10.4. The van der Waals surface area contributed by atoms with E-state index in [0.29, 0.717) is 12.1 Å². The lowest BCUT2D eigenvalue weighted by Crippen LogP contribution is -2.53. The molecule has 0 spiro atoms. The Bertz CT molecular complexity index is 699. The predicted molar refractivity (Wildman–Crippen MR) is 90.8 cm³/mol. The van der Waals surface area contributed by atoms with Crippen molar-refractivity contribution in [3.63, 3.8) is 0 Å². The van der Waals surface area contributed by atoms with Gasteiger partial charge in [-0.25, -0.2) is 0 Å². The van der Waals surface area contributed by atoms with E-state index in [2.05, 4.69) is 18.1 Å². The molecule has 3 atom stereocenters. The van der Waals surface area contributed by atoms with E-state index < -0.39 is 5.41 Å². The number of fused-ring (bicyclic) bond motifs is 3. The summed E-state index contributed by atoms with van der Waals surface area (Å²) in [6.07, 6.45) is 3.32. The summed E-state index contributed by atoms with van der Waals surface area (Å²) in [5.74, 6) is 0.606. The number of carbonyl (C=O) groups excluding carboxylic acids is 1. The van der Waals surface area contributed by atoms with E-state index >= 15 is 0 Å². The lowest BCUT2D eigenvalue weighted by molar-refractivity contribution is -0.160. The minimum atomic E-state index is -0.574. The van der Waals surface area contributed by atoms with Crippen LogP contribution in [0.1, 0.15) is 50.7 Å². The maximum Gasteiger partial charge on any atom is 0.311 e. The zero-order valence-corrected chi connectivity index (χ0v) is 14.8. The van der Waals surface area contributed by atoms with Gasteiger partial charge in [0, 0.05) is 5.56 Å². The highest BCUT2D eigenvalue weighted by Crippen LogP contribution is 2.57. The summed E-state index contributed by atoms with van der Waals surface area (Å²) in [6, 6.07) is 5.91. The fourth-order valence-corrected chi connectivity index (χ4v) is 4.91. The van der Waals surface area contributed by atoms with Gasteiger partial charge in [-0.15, -0.1) is 0 Å². The fraction of sp³-hybridized carbons (Fsp3) is 0.579. The number of ether oxygens (including phenoxy) is 2. The van der Waals surface area contributed by atoms with Gasteiger partial charge in [-0.2, -0.15) is 0 Å². The maximum atomic E-state index is 12.5. The number of esters is 1. The van der Waals surface area contributed by atoms with Crippen molar-refractivity contribution in [1.82, 2.24) is 0 Å². The molecule has 0 heterocycles. The van der Waals surface area contributed by atoms with E-state index in [1.807, 2.05) is 19.1 Å². The van der Waals surface area contributed by atoms with Gasteiger partial charge >= 0.3 is 5.97 Å². The van der Waals surface area contributed by atoms with Crippen LogP contribution in [0.4, 0.5) is 0 Å². The number of methoxy groups -OCH3 is 2. The fourth-order valence-electron chi connectivity index (χ4n) is 4.91. The Labute approximate surface area is 142 Å². The standard InChI is InChI=1S/C19H25NO4/c1-18-8-5-9-19(2,17(21)24-4)16(18)11-15(20-22)13-10-12(23-3)6-7-14(13)18/h6-7,10,16,22H,5,8-9,11H2,1-4H3/b20-15+/t16-,18+,19-/m1/s1. The molecule has 24 heavy (non-hydrogen) atoms. The number of benzene rings is 1. The van der Waals surface area contributed by atoms with E-state index in [4.69, 9.17) is 9.47 Å². The lowest BCUT2D eigenvalue weighted by atomic mass is 9.49. The second kappa shape index (κ2) is 5.80. The molecule has 0 aliphatic heterocycles. The molecule has 130 valence electrons. The molecule has 0 aromatic heterocycles. The summed E-state index contributed by atoms with van der Waals surface area (Å²) in [6.45, 7) is 4.21. The zero-order chi connectivity index (χ0) is 17.5. The van der Waals surface area contributed by atoms with Crippen LogP contribution in [0.25, 0.3) is 0 Å². The Morgan fingerprint density at radius 1 is 1.29 bits per heavy atom. The summed E-state index contributed by atoms with van der Waals surface area (Å²) in [4.78, 5) is 12.5. The minimum absolute atomic E-state index is 0.0398. The van der Waals surface area contributed by atoms with Gasteiger partial charge in [0.05, 0.1) is 25.3 Å². The van der Waals surface area contributed by atoms with Crippen molar-refractivity contribution in [2.24, 2.45) is 16.5 Å². The van der Waals surface area contributed by atoms with Gasteiger partial charge in [-0.1, -0.05) is 24.6 Å². The van der Waals surface area contributed by atoms with Crippen LogP contribution in [0.3, 0.4) is 0 Å². The highest BCUT2D eigenvalue weighted by molar-refractivity contribution is 6.04. The molecule has 3 rings (SSSR count). The Morgan fingerprint density at radius 3 is 2.67 bits per heavy atom. The van der Waals surface area contributed by atoms with Gasteiger partial charge < -0.3 is 14.7 Å². The van der Waals surface area contributed by atoms with Gasteiger partial charge in [0.1, 0.15) is 5.75 Å². The molecule has 0 bridgehead atoms. The van der Waals surface area contributed by atoms with Crippen LogP contribution in [-0.4, -0.2) is 31.1 Å². The molecule has 0 saturated heterocycles. The van der Waals surface area contributed by atoms with E-state index in [-0.39, 0.29) is 17.3 Å². The summed E-state index contributed by atoms with van der Waals surface area (Å²) >= 11 is 0. The average molecular weight is 331 g/mol. The molecule has 0 amide bonds. The average Bonchev–Trinajstić information content (AvgIpc) is 2.60. The Morgan fingerprint density at radius 2 is 2.04 bits per heavy atom. The van der Waals surface area contributed by atoms with Crippen molar-refractivity contribution < 1.29 is 19.5 Å². The zero-order valence-electron chi connectivity index (χ0n) is 14.8. The summed E-state index contributed by atoms with van der Waals surface area (Å²) in [5.41, 5.74) is 1.93. The highest BCUT2D eigenvalue weighted by Gasteiger charge is 2.56. The molecule has 1 aromatic carbocycles. The van der Waals surface area contributed by atoms with Gasteiger partial charge in [0.25, 0.3) is 0 Å². The van der Waals surface area contributed by atoms with Crippen LogP contribution in [0, 0.1) is 11.3 Å². The number of carbonyl (C=O) groups is 1. The molecular formula is C19H25NO4. The summed E-state index contributed by atoms with van der Waals surface area (Å²) in [5, 5.41) is 13.1. The van der Waals surface area contributed by atoms with Crippen molar-refractivity contribution in [1.29, 1.82) is 0 Å². The number of oxime groups is 1. The molecule has 0 radical (unpaired) electrons. The van der Waals surface area contributed by atoms with Crippen LogP contribution in [0.2, 0.25) is 0 Å². The minimum Gasteiger partial charge on any atom is -0.497 e. The topological polar surface area (TPSA) is 68.1 Å².